The maximum atomic E-state index is 12.8. The Kier molecular flexibility index (Phi) is 5.81. The van der Waals surface area contributed by atoms with Crippen LogP contribution in [0.3, 0.4) is 0 Å². The third-order valence-electron chi connectivity index (χ3n) is 4.96. The zero-order valence-electron chi connectivity index (χ0n) is 16.9. The Morgan fingerprint density at radius 1 is 1.23 bits per heavy atom. The molecule has 1 aliphatic heterocycles. The standard InChI is InChI=1S/C23H23N3O3S/c1-15-23(28)26(13-22(27)24-11-10-17-6-4-3-5-7-17)20-12-18(8-9-21(20)29-15)19-14-30-16(2)25-19/h3-9,12,14-15H,10-11,13H2,1-2H3,(H,24,27). The predicted molar refractivity (Wildman–Crippen MR) is 118 cm³/mol. The van der Waals surface area contributed by atoms with E-state index in [9.17, 15) is 9.59 Å². The van der Waals surface area contributed by atoms with Gasteiger partial charge in [0.2, 0.25) is 5.91 Å². The van der Waals surface area contributed by atoms with Gasteiger partial charge in [0.15, 0.2) is 6.10 Å². The molecule has 2 amide bonds. The average Bonchev–Trinajstić information content (AvgIpc) is 3.18. The molecule has 0 spiro atoms. The number of benzene rings is 2. The summed E-state index contributed by atoms with van der Waals surface area (Å²) in [5, 5.41) is 5.86. The van der Waals surface area contributed by atoms with Gasteiger partial charge in [-0.15, -0.1) is 11.3 Å². The average molecular weight is 422 g/mol. The summed E-state index contributed by atoms with van der Waals surface area (Å²) < 4.78 is 5.75. The van der Waals surface area contributed by atoms with Crippen molar-refractivity contribution < 1.29 is 14.3 Å². The predicted octanol–water partition coefficient (Wildman–Crippen LogP) is 3.59. The second-order valence-electron chi connectivity index (χ2n) is 7.20. The van der Waals surface area contributed by atoms with Gasteiger partial charge in [0.05, 0.1) is 16.4 Å². The van der Waals surface area contributed by atoms with Crippen LogP contribution in [0.5, 0.6) is 5.75 Å². The van der Waals surface area contributed by atoms with E-state index in [0.29, 0.717) is 18.0 Å². The summed E-state index contributed by atoms with van der Waals surface area (Å²) in [7, 11) is 0. The van der Waals surface area contributed by atoms with Gasteiger partial charge in [-0.3, -0.25) is 14.5 Å². The molecule has 0 saturated heterocycles. The molecule has 1 unspecified atom stereocenters. The van der Waals surface area contributed by atoms with Crippen LogP contribution < -0.4 is 15.0 Å². The summed E-state index contributed by atoms with van der Waals surface area (Å²) in [4.78, 5) is 31.4. The molecule has 2 aromatic carbocycles. The third kappa shape index (κ3) is 4.36. The number of fused-ring (bicyclic) bond motifs is 1. The molecule has 3 aromatic rings. The lowest BCUT2D eigenvalue weighted by Gasteiger charge is -2.32. The molecule has 154 valence electrons. The van der Waals surface area contributed by atoms with Gasteiger partial charge >= 0.3 is 0 Å². The van der Waals surface area contributed by atoms with Gasteiger partial charge in [-0.25, -0.2) is 4.98 Å². The summed E-state index contributed by atoms with van der Waals surface area (Å²) in [5.74, 6) is 0.163. The van der Waals surface area contributed by atoms with Crippen molar-refractivity contribution in [2.24, 2.45) is 0 Å². The monoisotopic (exact) mass is 421 g/mol. The van der Waals surface area contributed by atoms with Crippen molar-refractivity contribution in [3.63, 3.8) is 0 Å². The van der Waals surface area contributed by atoms with Crippen molar-refractivity contribution in [3.8, 4) is 17.0 Å². The molecule has 30 heavy (non-hydrogen) atoms. The number of nitrogens with zero attached hydrogens (tertiary/aromatic N) is 2. The molecule has 1 aromatic heterocycles. The number of amides is 2. The Hall–Kier alpha value is -3.19. The number of carbonyl (C=O) groups excluding carboxylic acids is 2. The lowest BCUT2D eigenvalue weighted by Crippen LogP contribution is -2.49. The minimum Gasteiger partial charge on any atom is -0.479 e. The number of carbonyl (C=O) groups is 2. The van der Waals surface area contributed by atoms with Crippen LogP contribution >= 0.6 is 11.3 Å². The van der Waals surface area contributed by atoms with Crippen LogP contribution in [0.15, 0.2) is 53.9 Å². The van der Waals surface area contributed by atoms with Crippen LogP contribution in [0, 0.1) is 6.92 Å². The summed E-state index contributed by atoms with van der Waals surface area (Å²) >= 11 is 1.57. The Bertz CT molecular complexity index is 1060. The Balaban J connectivity index is 1.49. The summed E-state index contributed by atoms with van der Waals surface area (Å²) in [5.41, 5.74) is 3.49. The van der Waals surface area contributed by atoms with Crippen LogP contribution in [0.1, 0.15) is 17.5 Å². The quantitative estimate of drug-likeness (QED) is 0.660. The van der Waals surface area contributed by atoms with E-state index >= 15 is 0 Å². The highest BCUT2D eigenvalue weighted by atomic mass is 32.1. The van der Waals surface area contributed by atoms with Crippen LogP contribution in [-0.2, 0) is 16.0 Å². The van der Waals surface area contributed by atoms with Crippen molar-refractivity contribution in [1.29, 1.82) is 0 Å². The number of ether oxygens (including phenoxy) is 1. The van der Waals surface area contributed by atoms with E-state index in [1.807, 2.05) is 60.8 Å². The van der Waals surface area contributed by atoms with Crippen molar-refractivity contribution in [3.05, 3.63) is 64.5 Å². The van der Waals surface area contributed by atoms with Crippen molar-refractivity contribution in [2.75, 3.05) is 18.0 Å². The van der Waals surface area contributed by atoms with Gasteiger partial charge in [-0.2, -0.15) is 0 Å². The van der Waals surface area contributed by atoms with Crippen LogP contribution in [0.4, 0.5) is 5.69 Å². The molecular weight excluding hydrogens is 398 g/mol. The minimum absolute atomic E-state index is 0.0477. The Labute approximate surface area is 179 Å². The number of anilines is 1. The highest BCUT2D eigenvalue weighted by molar-refractivity contribution is 7.09. The first-order chi connectivity index (χ1) is 14.5. The maximum Gasteiger partial charge on any atom is 0.268 e. The number of rotatable bonds is 6. The molecule has 7 heteroatoms. The summed E-state index contributed by atoms with van der Waals surface area (Å²) in [6.45, 7) is 4.12. The first-order valence-electron chi connectivity index (χ1n) is 9.86. The second kappa shape index (κ2) is 8.67. The van der Waals surface area contributed by atoms with Crippen molar-refractivity contribution in [1.82, 2.24) is 10.3 Å². The highest BCUT2D eigenvalue weighted by Crippen LogP contribution is 2.37. The normalized spacial score (nSPS) is 15.5. The molecule has 6 nitrogen and oxygen atoms in total. The van der Waals surface area contributed by atoms with E-state index < -0.39 is 6.10 Å². The van der Waals surface area contributed by atoms with E-state index in [0.717, 1.165) is 28.2 Å². The molecule has 2 heterocycles. The Morgan fingerprint density at radius 3 is 2.77 bits per heavy atom. The van der Waals surface area contributed by atoms with Gasteiger partial charge in [0, 0.05) is 17.5 Å². The van der Waals surface area contributed by atoms with E-state index in [-0.39, 0.29) is 18.4 Å². The Morgan fingerprint density at radius 2 is 2.03 bits per heavy atom. The van der Waals surface area contributed by atoms with Gasteiger partial charge in [0.1, 0.15) is 12.3 Å². The molecule has 0 saturated carbocycles. The summed E-state index contributed by atoms with van der Waals surface area (Å²) in [6.07, 6.45) is 0.103. The number of hydrogen-bond acceptors (Lipinski definition) is 5. The minimum atomic E-state index is -0.637. The first kappa shape index (κ1) is 20.1. The van der Waals surface area contributed by atoms with Crippen LogP contribution in [-0.4, -0.2) is 36.0 Å². The van der Waals surface area contributed by atoms with Crippen molar-refractivity contribution in [2.45, 2.75) is 26.4 Å². The van der Waals surface area contributed by atoms with Crippen molar-refractivity contribution >= 4 is 28.8 Å². The smallest absolute Gasteiger partial charge is 0.268 e. The van der Waals surface area contributed by atoms with E-state index in [1.54, 1.807) is 18.3 Å². The molecule has 0 fully saturated rings. The van der Waals surface area contributed by atoms with E-state index in [2.05, 4.69) is 10.3 Å². The summed E-state index contributed by atoms with van der Waals surface area (Å²) in [6, 6.07) is 15.6. The van der Waals surface area contributed by atoms with E-state index in [1.165, 1.54) is 4.90 Å². The number of aromatic nitrogens is 1. The zero-order valence-corrected chi connectivity index (χ0v) is 17.7. The molecular formula is C23H23N3O3S. The van der Waals surface area contributed by atoms with Gasteiger partial charge < -0.3 is 10.1 Å². The van der Waals surface area contributed by atoms with Crippen LogP contribution in [0.25, 0.3) is 11.3 Å². The third-order valence-corrected chi connectivity index (χ3v) is 5.74. The molecule has 0 bridgehead atoms. The lowest BCUT2D eigenvalue weighted by atomic mass is 10.1. The molecule has 0 aliphatic carbocycles. The number of thiazole rings is 1. The van der Waals surface area contributed by atoms with E-state index in [4.69, 9.17) is 4.74 Å². The maximum absolute atomic E-state index is 12.8. The highest BCUT2D eigenvalue weighted by Gasteiger charge is 2.33. The first-order valence-corrected chi connectivity index (χ1v) is 10.7. The second-order valence-corrected chi connectivity index (χ2v) is 8.27. The topological polar surface area (TPSA) is 71.5 Å². The number of nitrogens with one attached hydrogen (secondary N) is 1. The fraction of sp³-hybridized carbons (Fsp3) is 0.261. The van der Waals surface area contributed by atoms with Crippen LogP contribution in [0.2, 0.25) is 0 Å². The fourth-order valence-corrected chi connectivity index (χ4v) is 4.04. The number of aryl methyl sites for hydroxylation is 1. The molecule has 1 N–H and O–H groups in total. The zero-order chi connectivity index (χ0) is 21.1. The SMILES string of the molecule is Cc1nc(-c2ccc3c(c2)N(CC(=O)NCCc2ccccc2)C(=O)C(C)O3)cs1. The van der Waals surface area contributed by atoms with Gasteiger partial charge in [-0.05, 0) is 44.0 Å². The molecule has 1 atom stereocenters. The molecule has 0 radical (unpaired) electrons. The molecule has 4 rings (SSSR count). The largest absolute Gasteiger partial charge is 0.479 e. The molecule has 1 aliphatic rings. The van der Waals surface area contributed by atoms with Gasteiger partial charge in [-0.1, -0.05) is 30.3 Å². The lowest BCUT2D eigenvalue weighted by molar-refractivity contribution is -0.128. The number of hydrogen-bond donors (Lipinski definition) is 1. The van der Waals surface area contributed by atoms with Gasteiger partial charge in [0.25, 0.3) is 5.91 Å². The fourth-order valence-electron chi connectivity index (χ4n) is 3.42.